The van der Waals surface area contributed by atoms with E-state index in [1.54, 1.807) is 0 Å². The molecule has 0 radical (unpaired) electrons. The number of ether oxygens (including phenoxy) is 4. The average molecular weight is 473 g/mol. The summed E-state index contributed by atoms with van der Waals surface area (Å²) in [6, 6.07) is 0. The van der Waals surface area contributed by atoms with Crippen molar-refractivity contribution in [1.82, 2.24) is 0 Å². The Morgan fingerprint density at radius 2 is 1.19 bits per heavy atom. The quantitative estimate of drug-likeness (QED) is 0.243. The summed E-state index contributed by atoms with van der Waals surface area (Å²) >= 11 is 0.912. The van der Waals surface area contributed by atoms with Gasteiger partial charge in [-0.05, 0) is 43.9 Å². The maximum absolute atomic E-state index is 12.1. The molecule has 0 saturated heterocycles. The van der Waals surface area contributed by atoms with E-state index < -0.39 is 23.9 Å². The Balaban J connectivity index is 1.52. The van der Waals surface area contributed by atoms with Crippen LogP contribution in [0.3, 0.4) is 0 Å². The van der Waals surface area contributed by atoms with Gasteiger partial charge in [0.15, 0.2) is 0 Å². The minimum Gasteiger partial charge on any atom is -0.425 e. The van der Waals surface area contributed by atoms with Gasteiger partial charge in [0.1, 0.15) is 0 Å². The van der Waals surface area contributed by atoms with Gasteiger partial charge in [-0.1, -0.05) is 38.5 Å². The lowest BCUT2D eigenvalue weighted by Crippen LogP contribution is -2.27. The third-order valence-electron chi connectivity index (χ3n) is 5.75. The zero-order valence-corrected chi connectivity index (χ0v) is 20.0. The van der Waals surface area contributed by atoms with Crippen LogP contribution in [0.2, 0.25) is 0 Å². The van der Waals surface area contributed by atoms with Crippen molar-refractivity contribution < 1.29 is 38.1 Å². The molecule has 2 fully saturated rings. The number of hydrogen-bond acceptors (Lipinski definition) is 9. The van der Waals surface area contributed by atoms with Gasteiger partial charge in [-0.2, -0.15) is 0 Å². The molecular weight excluding hydrogens is 436 g/mol. The fraction of sp³-hybridized carbons (Fsp3) is 0.826. The summed E-state index contributed by atoms with van der Waals surface area (Å²) < 4.78 is 20.6. The van der Waals surface area contributed by atoms with Crippen LogP contribution in [0.5, 0.6) is 0 Å². The molecule has 9 heteroatoms. The van der Waals surface area contributed by atoms with Gasteiger partial charge in [0.05, 0.1) is 11.8 Å². The zero-order valence-electron chi connectivity index (χ0n) is 19.2. The summed E-state index contributed by atoms with van der Waals surface area (Å²) in [4.78, 5) is 47.9. The van der Waals surface area contributed by atoms with Crippen molar-refractivity contribution in [2.45, 2.75) is 103 Å². The molecule has 0 heterocycles. The van der Waals surface area contributed by atoms with E-state index in [0.29, 0.717) is 12.2 Å². The molecule has 2 rings (SSSR count). The zero-order chi connectivity index (χ0) is 23.3. The van der Waals surface area contributed by atoms with Crippen LogP contribution in [0.15, 0.2) is 0 Å². The van der Waals surface area contributed by atoms with Gasteiger partial charge in [-0.3, -0.25) is 14.4 Å². The predicted molar refractivity (Wildman–Crippen MR) is 119 cm³/mol. The van der Waals surface area contributed by atoms with E-state index in [4.69, 9.17) is 18.9 Å². The molecule has 0 aromatic rings. The van der Waals surface area contributed by atoms with Crippen LogP contribution in [-0.2, 0) is 33.3 Å². The molecule has 2 saturated carbocycles. The molecule has 2 aliphatic carbocycles. The van der Waals surface area contributed by atoms with Crippen LogP contribution in [0.25, 0.3) is 0 Å². The van der Waals surface area contributed by atoms with Gasteiger partial charge in [0.2, 0.25) is 12.6 Å². The fourth-order valence-electron chi connectivity index (χ4n) is 4.03. The Labute approximate surface area is 194 Å². The summed E-state index contributed by atoms with van der Waals surface area (Å²) in [5.41, 5.74) is 0. The minimum atomic E-state index is -0.936. The monoisotopic (exact) mass is 472 g/mol. The molecule has 182 valence electrons. The van der Waals surface area contributed by atoms with Crippen LogP contribution in [0, 0.1) is 11.8 Å². The van der Waals surface area contributed by atoms with Crippen LogP contribution >= 0.6 is 11.8 Å². The molecular formula is C23H36O8S. The normalized spacial score (nSPS) is 19.4. The third-order valence-corrected chi connectivity index (χ3v) is 6.57. The summed E-state index contributed by atoms with van der Waals surface area (Å²) in [5, 5.41) is -0.558. The van der Waals surface area contributed by atoms with Gasteiger partial charge in [-0.25, -0.2) is 4.79 Å². The maximum Gasteiger partial charge on any atom is 0.370 e. The van der Waals surface area contributed by atoms with E-state index in [1.807, 2.05) is 0 Å². The van der Waals surface area contributed by atoms with E-state index in [9.17, 15) is 19.2 Å². The highest BCUT2D eigenvalue weighted by molar-refractivity contribution is 8.13. The van der Waals surface area contributed by atoms with Gasteiger partial charge in [0.25, 0.3) is 0 Å². The van der Waals surface area contributed by atoms with Gasteiger partial charge in [0, 0.05) is 26.0 Å². The first kappa shape index (κ1) is 26.5. The minimum absolute atomic E-state index is 0.0951. The second-order valence-electron chi connectivity index (χ2n) is 8.49. The van der Waals surface area contributed by atoms with Crippen LogP contribution in [0.1, 0.15) is 90.9 Å². The summed E-state index contributed by atoms with van der Waals surface area (Å²) in [7, 11) is 0. The molecule has 32 heavy (non-hydrogen) atoms. The SMILES string of the molecule is C[C@@H](OC(=O)CCCSC(=O)O[C@H](C)OC(=O)C1CCCCC1)OC(=O)C1CCCCC1. The van der Waals surface area contributed by atoms with Crippen LogP contribution in [0.4, 0.5) is 4.79 Å². The van der Waals surface area contributed by atoms with Crippen LogP contribution in [-0.4, -0.2) is 41.5 Å². The van der Waals surface area contributed by atoms with Crippen molar-refractivity contribution in [3.8, 4) is 0 Å². The fourth-order valence-corrected chi connectivity index (χ4v) is 4.69. The Bertz CT molecular complexity index is 571. The second kappa shape index (κ2) is 14.4. The maximum atomic E-state index is 12.1. The second-order valence-corrected chi connectivity index (χ2v) is 9.52. The van der Waals surface area contributed by atoms with E-state index in [0.717, 1.165) is 76.0 Å². The van der Waals surface area contributed by atoms with Crippen molar-refractivity contribution in [2.24, 2.45) is 11.8 Å². The lowest BCUT2D eigenvalue weighted by atomic mass is 9.89. The number of hydrogen-bond donors (Lipinski definition) is 0. The van der Waals surface area contributed by atoms with Crippen molar-refractivity contribution in [3.05, 3.63) is 0 Å². The number of rotatable bonds is 10. The summed E-state index contributed by atoms with van der Waals surface area (Å²) in [5.74, 6) is -0.951. The lowest BCUT2D eigenvalue weighted by molar-refractivity contribution is -0.188. The molecule has 0 bridgehead atoms. The molecule has 0 spiro atoms. The molecule has 8 nitrogen and oxygen atoms in total. The molecule has 2 aliphatic rings. The first-order chi connectivity index (χ1) is 15.3. The standard InChI is InChI=1S/C23H36O8S/c1-16(29-21(25)18-10-5-3-6-11-18)28-20(24)14-9-15-32-23(27)31-17(2)30-22(26)19-12-7-4-8-13-19/h16-19H,3-15H2,1-2H3/t16-,17+/m0/s1. The van der Waals surface area contributed by atoms with Crippen molar-refractivity contribution in [1.29, 1.82) is 0 Å². The Morgan fingerprint density at radius 1 is 0.719 bits per heavy atom. The van der Waals surface area contributed by atoms with Crippen LogP contribution < -0.4 is 0 Å². The molecule has 0 aromatic heterocycles. The lowest BCUT2D eigenvalue weighted by Gasteiger charge is -2.22. The van der Waals surface area contributed by atoms with Crippen molar-refractivity contribution >= 4 is 35.0 Å². The summed E-state index contributed by atoms with van der Waals surface area (Å²) in [6.45, 7) is 3.05. The van der Waals surface area contributed by atoms with Gasteiger partial charge < -0.3 is 18.9 Å². The van der Waals surface area contributed by atoms with E-state index in [2.05, 4.69) is 0 Å². The summed E-state index contributed by atoms with van der Waals surface area (Å²) in [6.07, 6.45) is 8.31. The third kappa shape index (κ3) is 10.2. The first-order valence-corrected chi connectivity index (χ1v) is 12.8. The molecule has 0 amide bonds. The average Bonchev–Trinajstić information content (AvgIpc) is 2.77. The number of carbonyl (C=O) groups excluding carboxylic acids is 4. The number of carbonyl (C=O) groups is 4. The Morgan fingerprint density at radius 3 is 1.69 bits per heavy atom. The molecule has 0 aliphatic heterocycles. The number of esters is 3. The van der Waals surface area contributed by atoms with E-state index in [1.165, 1.54) is 13.8 Å². The smallest absolute Gasteiger partial charge is 0.370 e. The highest BCUT2D eigenvalue weighted by atomic mass is 32.2. The number of thioether (sulfide) groups is 1. The van der Waals surface area contributed by atoms with Gasteiger partial charge in [-0.15, -0.1) is 0 Å². The molecule has 0 aromatic carbocycles. The highest BCUT2D eigenvalue weighted by Gasteiger charge is 2.26. The molecule has 2 atom stereocenters. The Hall–Kier alpha value is -1.77. The Kier molecular flexibility index (Phi) is 11.9. The largest absolute Gasteiger partial charge is 0.425 e. The van der Waals surface area contributed by atoms with Crippen molar-refractivity contribution in [3.63, 3.8) is 0 Å². The highest BCUT2D eigenvalue weighted by Crippen LogP contribution is 2.26. The predicted octanol–water partition coefficient (Wildman–Crippen LogP) is 5.12. The molecule has 0 N–H and O–H groups in total. The van der Waals surface area contributed by atoms with Gasteiger partial charge >= 0.3 is 23.2 Å². The van der Waals surface area contributed by atoms with Crippen molar-refractivity contribution in [2.75, 3.05) is 5.75 Å². The van der Waals surface area contributed by atoms with E-state index in [-0.39, 0.29) is 30.2 Å². The molecule has 0 unspecified atom stereocenters. The van der Waals surface area contributed by atoms with E-state index >= 15 is 0 Å². The first-order valence-electron chi connectivity index (χ1n) is 11.8. The topological polar surface area (TPSA) is 105 Å².